The predicted molar refractivity (Wildman–Crippen MR) is 92.8 cm³/mol. The van der Waals surface area contributed by atoms with Crippen LogP contribution in [0.5, 0.6) is 0 Å². The molecule has 0 saturated heterocycles. The first kappa shape index (κ1) is 16.3. The molecule has 0 aliphatic rings. The lowest BCUT2D eigenvalue weighted by Crippen LogP contribution is -2.09. The van der Waals surface area contributed by atoms with Crippen LogP contribution in [0.4, 0.5) is 0 Å². The van der Waals surface area contributed by atoms with Crippen molar-refractivity contribution in [2.24, 2.45) is 0 Å². The van der Waals surface area contributed by atoms with Crippen LogP contribution in [0.15, 0.2) is 40.9 Å². The SMILES string of the molecule is CCc1cc(CC)c(C(O)c2ccccc2Br)c(CC)c1. The van der Waals surface area contributed by atoms with Crippen molar-refractivity contribution < 1.29 is 5.11 Å². The number of halogens is 1. The summed E-state index contributed by atoms with van der Waals surface area (Å²) in [5, 5.41) is 10.9. The van der Waals surface area contributed by atoms with Crippen molar-refractivity contribution in [2.45, 2.75) is 46.1 Å². The van der Waals surface area contributed by atoms with Crippen molar-refractivity contribution in [2.75, 3.05) is 0 Å². The van der Waals surface area contributed by atoms with E-state index < -0.39 is 6.10 Å². The van der Waals surface area contributed by atoms with Gasteiger partial charge in [-0.1, -0.05) is 67.0 Å². The summed E-state index contributed by atoms with van der Waals surface area (Å²) in [7, 11) is 0. The summed E-state index contributed by atoms with van der Waals surface area (Å²) in [5.41, 5.74) is 5.89. The van der Waals surface area contributed by atoms with Crippen LogP contribution in [0, 0.1) is 0 Å². The Hall–Kier alpha value is -1.12. The average Bonchev–Trinajstić information content (AvgIpc) is 2.53. The fourth-order valence-corrected chi connectivity index (χ4v) is 3.35. The maximum absolute atomic E-state index is 10.9. The predicted octanol–water partition coefficient (Wildman–Crippen LogP) is 5.22. The van der Waals surface area contributed by atoms with Crippen LogP contribution < -0.4 is 0 Å². The first-order valence-electron chi connectivity index (χ1n) is 7.69. The zero-order chi connectivity index (χ0) is 15.4. The molecule has 2 rings (SSSR count). The van der Waals surface area contributed by atoms with E-state index in [0.29, 0.717) is 0 Å². The summed E-state index contributed by atoms with van der Waals surface area (Å²) >= 11 is 3.56. The second-order valence-corrected chi connectivity index (χ2v) is 6.17. The number of rotatable bonds is 5. The Kier molecular flexibility index (Phi) is 5.60. The lowest BCUT2D eigenvalue weighted by molar-refractivity contribution is 0.217. The molecular formula is C19H23BrO. The highest BCUT2D eigenvalue weighted by atomic mass is 79.9. The zero-order valence-electron chi connectivity index (χ0n) is 13.0. The number of aliphatic hydroxyl groups excluding tert-OH is 1. The third kappa shape index (κ3) is 3.38. The van der Waals surface area contributed by atoms with Crippen molar-refractivity contribution in [1.82, 2.24) is 0 Å². The molecule has 0 aromatic heterocycles. The van der Waals surface area contributed by atoms with E-state index in [1.54, 1.807) is 0 Å². The van der Waals surface area contributed by atoms with E-state index in [9.17, 15) is 5.11 Å². The van der Waals surface area contributed by atoms with E-state index in [1.807, 2.05) is 24.3 Å². The van der Waals surface area contributed by atoms with E-state index in [-0.39, 0.29) is 0 Å². The molecule has 0 aliphatic heterocycles. The molecule has 1 unspecified atom stereocenters. The smallest absolute Gasteiger partial charge is 0.106 e. The van der Waals surface area contributed by atoms with Gasteiger partial charge in [0.25, 0.3) is 0 Å². The molecule has 21 heavy (non-hydrogen) atoms. The van der Waals surface area contributed by atoms with Crippen molar-refractivity contribution >= 4 is 15.9 Å². The molecule has 2 aromatic rings. The van der Waals surface area contributed by atoms with E-state index in [0.717, 1.165) is 34.9 Å². The minimum atomic E-state index is -0.573. The zero-order valence-corrected chi connectivity index (χ0v) is 14.6. The highest BCUT2D eigenvalue weighted by Gasteiger charge is 2.20. The van der Waals surface area contributed by atoms with Crippen LogP contribution in [-0.4, -0.2) is 5.11 Å². The number of hydrogen-bond donors (Lipinski definition) is 1. The van der Waals surface area contributed by atoms with Crippen LogP contribution in [-0.2, 0) is 19.3 Å². The molecule has 2 heteroatoms. The Balaban J connectivity index is 2.59. The van der Waals surface area contributed by atoms with Gasteiger partial charge in [-0.25, -0.2) is 0 Å². The molecule has 1 nitrogen and oxygen atoms in total. The molecule has 0 bridgehead atoms. The van der Waals surface area contributed by atoms with Gasteiger partial charge in [0, 0.05) is 4.47 Å². The number of aryl methyl sites for hydroxylation is 3. The second-order valence-electron chi connectivity index (χ2n) is 5.31. The van der Waals surface area contributed by atoms with E-state index in [1.165, 1.54) is 16.7 Å². The second kappa shape index (κ2) is 7.24. The van der Waals surface area contributed by atoms with Gasteiger partial charge in [-0.2, -0.15) is 0 Å². The summed E-state index contributed by atoms with van der Waals surface area (Å²) in [6.07, 6.45) is 2.34. The van der Waals surface area contributed by atoms with Gasteiger partial charge in [-0.15, -0.1) is 0 Å². The lowest BCUT2D eigenvalue weighted by Gasteiger charge is -2.21. The molecule has 0 radical (unpaired) electrons. The Bertz CT molecular complexity index is 594. The molecule has 112 valence electrons. The van der Waals surface area contributed by atoms with Crippen molar-refractivity contribution in [3.63, 3.8) is 0 Å². The summed E-state index contributed by atoms with van der Waals surface area (Å²) in [6, 6.07) is 12.4. The van der Waals surface area contributed by atoms with Crippen LogP contribution in [0.3, 0.4) is 0 Å². The third-order valence-electron chi connectivity index (χ3n) is 4.05. The minimum Gasteiger partial charge on any atom is -0.384 e. The maximum Gasteiger partial charge on any atom is 0.106 e. The Labute approximate surface area is 136 Å². The Morgan fingerprint density at radius 2 is 1.52 bits per heavy atom. The van der Waals surface area contributed by atoms with Crippen molar-refractivity contribution in [3.05, 3.63) is 68.7 Å². The highest BCUT2D eigenvalue weighted by Crippen LogP contribution is 2.33. The number of benzene rings is 2. The molecule has 0 saturated carbocycles. The standard InChI is InChI=1S/C19H23BrO/c1-4-13-11-14(5-2)18(15(6-3)12-13)19(21)16-9-7-8-10-17(16)20/h7-12,19,21H,4-6H2,1-3H3. The van der Waals surface area contributed by atoms with Gasteiger partial charge in [0.2, 0.25) is 0 Å². The molecular weight excluding hydrogens is 324 g/mol. The van der Waals surface area contributed by atoms with Crippen LogP contribution in [0.1, 0.15) is 54.7 Å². The molecule has 1 N–H and O–H groups in total. The van der Waals surface area contributed by atoms with Gasteiger partial charge < -0.3 is 5.11 Å². The highest BCUT2D eigenvalue weighted by molar-refractivity contribution is 9.10. The normalized spacial score (nSPS) is 12.4. The van der Waals surface area contributed by atoms with Gasteiger partial charge in [0.1, 0.15) is 6.10 Å². The third-order valence-corrected chi connectivity index (χ3v) is 4.78. The monoisotopic (exact) mass is 346 g/mol. The molecule has 0 aliphatic carbocycles. The Morgan fingerprint density at radius 3 is 2.00 bits per heavy atom. The van der Waals surface area contributed by atoms with Gasteiger partial charge in [-0.05, 0) is 53.1 Å². The molecule has 0 spiro atoms. The summed E-state index contributed by atoms with van der Waals surface area (Å²) in [6.45, 7) is 6.49. The minimum absolute atomic E-state index is 0.573. The van der Waals surface area contributed by atoms with Crippen molar-refractivity contribution in [3.8, 4) is 0 Å². The topological polar surface area (TPSA) is 20.2 Å². The number of hydrogen-bond acceptors (Lipinski definition) is 1. The first-order valence-corrected chi connectivity index (χ1v) is 8.48. The van der Waals surface area contributed by atoms with Gasteiger partial charge in [0.15, 0.2) is 0 Å². The van der Waals surface area contributed by atoms with Crippen LogP contribution in [0.25, 0.3) is 0 Å². The fourth-order valence-electron chi connectivity index (χ4n) is 2.84. The summed E-state index contributed by atoms with van der Waals surface area (Å²) < 4.78 is 0.959. The summed E-state index contributed by atoms with van der Waals surface area (Å²) in [5.74, 6) is 0. The molecule has 0 heterocycles. The summed E-state index contributed by atoms with van der Waals surface area (Å²) in [4.78, 5) is 0. The fraction of sp³-hybridized carbons (Fsp3) is 0.368. The van der Waals surface area contributed by atoms with Gasteiger partial charge in [0.05, 0.1) is 0 Å². The average molecular weight is 347 g/mol. The molecule has 1 atom stereocenters. The van der Waals surface area contributed by atoms with Gasteiger partial charge >= 0.3 is 0 Å². The molecule has 2 aromatic carbocycles. The van der Waals surface area contributed by atoms with E-state index in [2.05, 4.69) is 48.8 Å². The molecule has 0 amide bonds. The first-order chi connectivity index (χ1) is 10.1. The quantitative estimate of drug-likeness (QED) is 0.786. The van der Waals surface area contributed by atoms with Crippen molar-refractivity contribution in [1.29, 1.82) is 0 Å². The van der Waals surface area contributed by atoms with Crippen LogP contribution >= 0.6 is 15.9 Å². The van der Waals surface area contributed by atoms with Crippen LogP contribution in [0.2, 0.25) is 0 Å². The van der Waals surface area contributed by atoms with E-state index >= 15 is 0 Å². The molecule has 0 fully saturated rings. The number of aliphatic hydroxyl groups is 1. The Morgan fingerprint density at radius 1 is 0.952 bits per heavy atom. The van der Waals surface area contributed by atoms with E-state index in [4.69, 9.17) is 0 Å². The maximum atomic E-state index is 10.9. The largest absolute Gasteiger partial charge is 0.384 e. The van der Waals surface area contributed by atoms with Gasteiger partial charge in [-0.3, -0.25) is 0 Å². The lowest BCUT2D eigenvalue weighted by atomic mass is 9.88.